The molecular formula is C14H19ClFN3O. The number of hydrogen-bond acceptors (Lipinski definition) is 3. The average Bonchev–Trinajstić information content (AvgIpc) is 2.87. The maximum atomic E-state index is 12.2. The van der Waals surface area contributed by atoms with E-state index in [-0.39, 0.29) is 12.4 Å². The van der Waals surface area contributed by atoms with Gasteiger partial charge in [-0.25, -0.2) is 4.39 Å². The molecule has 0 atom stereocenters. The van der Waals surface area contributed by atoms with E-state index in [1.165, 1.54) is 0 Å². The van der Waals surface area contributed by atoms with Crippen LogP contribution in [0.2, 0.25) is 0 Å². The number of halogens is 2. The van der Waals surface area contributed by atoms with Crippen LogP contribution in [0, 0.1) is 0 Å². The Morgan fingerprint density at radius 2 is 2.05 bits per heavy atom. The van der Waals surface area contributed by atoms with Gasteiger partial charge in [0.05, 0.1) is 19.3 Å². The molecule has 0 aliphatic carbocycles. The van der Waals surface area contributed by atoms with Gasteiger partial charge >= 0.3 is 0 Å². The molecule has 0 spiro atoms. The zero-order valence-corrected chi connectivity index (χ0v) is 12.2. The molecule has 0 aliphatic heterocycles. The summed E-state index contributed by atoms with van der Waals surface area (Å²) < 4.78 is 19.0. The van der Waals surface area contributed by atoms with Crippen LogP contribution in [0.5, 0.6) is 5.75 Å². The van der Waals surface area contributed by atoms with Crippen LogP contribution in [0.1, 0.15) is 11.3 Å². The second-order valence-electron chi connectivity index (χ2n) is 4.17. The number of para-hydroxylation sites is 1. The number of methoxy groups -OCH3 is 1. The number of aromatic nitrogens is 2. The molecule has 1 heterocycles. The van der Waals surface area contributed by atoms with Crippen molar-refractivity contribution >= 4 is 12.4 Å². The molecule has 4 nitrogen and oxygen atoms in total. The van der Waals surface area contributed by atoms with Crippen molar-refractivity contribution in [2.75, 3.05) is 13.8 Å². The molecule has 1 aromatic heterocycles. The lowest BCUT2D eigenvalue weighted by atomic mass is 10.2. The van der Waals surface area contributed by atoms with Gasteiger partial charge in [0.25, 0.3) is 0 Å². The van der Waals surface area contributed by atoms with Crippen LogP contribution < -0.4 is 10.1 Å². The van der Waals surface area contributed by atoms with Gasteiger partial charge in [-0.2, -0.15) is 5.10 Å². The number of aryl methyl sites for hydroxylation is 1. The summed E-state index contributed by atoms with van der Waals surface area (Å²) in [5.41, 5.74) is 2.01. The summed E-state index contributed by atoms with van der Waals surface area (Å²) in [4.78, 5) is 0. The molecule has 0 aliphatic rings. The highest BCUT2D eigenvalue weighted by atomic mass is 35.5. The highest BCUT2D eigenvalue weighted by Gasteiger charge is 2.02. The third-order valence-corrected chi connectivity index (χ3v) is 2.82. The minimum atomic E-state index is -0.393. The van der Waals surface area contributed by atoms with Gasteiger partial charge < -0.3 is 10.1 Å². The number of ether oxygens (including phenoxy) is 1. The lowest BCUT2D eigenvalue weighted by Gasteiger charge is -2.08. The third-order valence-electron chi connectivity index (χ3n) is 2.82. The summed E-state index contributed by atoms with van der Waals surface area (Å²) in [5, 5.41) is 7.56. The predicted octanol–water partition coefficient (Wildman–Crippen LogP) is 2.57. The van der Waals surface area contributed by atoms with E-state index in [2.05, 4.69) is 10.4 Å². The fourth-order valence-corrected chi connectivity index (χ4v) is 1.88. The highest BCUT2D eigenvalue weighted by Crippen LogP contribution is 2.16. The minimum Gasteiger partial charge on any atom is -0.496 e. The molecule has 0 unspecified atom stereocenters. The molecular weight excluding hydrogens is 281 g/mol. The van der Waals surface area contributed by atoms with Gasteiger partial charge in [-0.05, 0) is 12.1 Å². The van der Waals surface area contributed by atoms with Gasteiger partial charge in [0.1, 0.15) is 12.4 Å². The van der Waals surface area contributed by atoms with E-state index >= 15 is 0 Å². The number of alkyl halides is 1. The minimum absolute atomic E-state index is 0. The molecule has 6 heteroatoms. The van der Waals surface area contributed by atoms with Crippen molar-refractivity contribution in [3.63, 3.8) is 0 Å². The van der Waals surface area contributed by atoms with Crippen molar-refractivity contribution in [1.29, 1.82) is 0 Å². The van der Waals surface area contributed by atoms with Crippen molar-refractivity contribution in [2.45, 2.75) is 19.6 Å². The van der Waals surface area contributed by atoms with E-state index < -0.39 is 6.67 Å². The monoisotopic (exact) mass is 299 g/mol. The fraction of sp³-hybridized carbons (Fsp3) is 0.357. The fourth-order valence-electron chi connectivity index (χ4n) is 1.88. The zero-order valence-electron chi connectivity index (χ0n) is 11.4. The molecule has 0 fully saturated rings. The standard InChI is InChI=1S/C14H18FN3O.ClH/c1-19-14-5-3-2-4-12(14)10-16-11-13-6-8-18(17-13)9-7-15;/h2-6,8,16H,7,9-11H2,1H3;1H. The maximum absolute atomic E-state index is 12.2. The number of hydrogen-bond donors (Lipinski definition) is 1. The average molecular weight is 300 g/mol. The van der Waals surface area contributed by atoms with Crippen LogP contribution >= 0.6 is 12.4 Å². The molecule has 110 valence electrons. The summed E-state index contributed by atoms with van der Waals surface area (Å²) in [6, 6.07) is 9.78. The second-order valence-corrected chi connectivity index (χ2v) is 4.17. The van der Waals surface area contributed by atoms with E-state index in [4.69, 9.17) is 4.74 Å². The molecule has 2 rings (SSSR count). The van der Waals surface area contributed by atoms with Gasteiger partial charge in [0.15, 0.2) is 0 Å². The summed E-state index contributed by atoms with van der Waals surface area (Å²) in [5.74, 6) is 0.873. The Bertz CT molecular complexity index is 519. The zero-order chi connectivity index (χ0) is 13.5. The van der Waals surface area contributed by atoms with Gasteiger partial charge in [0.2, 0.25) is 0 Å². The highest BCUT2D eigenvalue weighted by molar-refractivity contribution is 5.85. The van der Waals surface area contributed by atoms with E-state index in [9.17, 15) is 4.39 Å². The molecule has 20 heavy (non-hydrogen) atoms. The van der Waals surface area contributed by atoms with E-state index in [0.29, 0.717) is 19.6 Å². The molecule has 2 aromatic rings. The van der Waals surface area contributed by atoms with E-state index in [0.717, 1.165) is 17.0 Å². The Kier molecular flexibility index (Phi) is 7.04. The molecule has 1 aromatic carbocycles. The Labute approximate surface area is 124 Å². The van der Waals surface area contributed by atoms with Crippen LogP contribution in [0.4, 0.5) is 4.39 Å². The van der Waals surface area contributed by atoms with Crippen LogP contribution in [0.25, 0.3) is 0 Å². The van der Waals surface area contributed by atoms with Crippen molar-refractivity contribution < 1.29 is 9.13 Å². The van der Waals surface area contributed by atoms with E-state index in [1.807, 2.05) is 30.3 Å². The van der Waals surface area contributed by atoms with Crippen molar-refractivity contribution in [2.24, 2.45) is 0 Å². The van der Waals surface area contributed by atoms with Gasteiger partial charge in [-0.3, -0.25) is 4.68 Å². The van der Waals surface area contributed by atoms with Crippen LogP contribution in [-0.4, -0.2) is 23.6 Å². The Morgan fingerprint density at radius 3 is 2.80 bits per heavy atom. The molecule has 0 saturated heterocycles. The van der Waals surface area contributed by atoms with Crippen LogP contribution in [-0.2, 0) is 19.6 Å². The number of rotatable bonds is 7. The summed E-state index contributed by atoms with van der Waals surface area (Å²) in [7, 11) is 1.66. The summed E-state index contributed by atoms with van der Waals surface area (Å²) in [6.07, 6.45) is 1.79. The molecule has 0 amide bonds. The first-order chi connectivity index (χ1) is 9.33. The first kappa shape index (κ1) is 16.5. The lowest BCUT2D eigenvalue weighted by Crippen LogP contribution is -2.14. The Balaban J connectivity index is 0.00000200. The number of benzene rings is 1. The van der Waals surface area contributed by atoms with Crippen molar-refractivity contribution in [1.82, 2.24) is 15.1 Å². The van der Waals surface area contributed by atoms with Crippen molar-refractivity contribution in [3.05, 3.63) is 47.8 Å². The SMILES string of the molecule is COc1ccccc1CNCc1ccn(CCF)n1.Cl. The largest absolute Gasteiger partial charge is 0.496 e. The first-order valence-corrected chi connectivity index (χ1v) is 6.24. The first-order valence-electron chi connectivity index (χ1n) is 6.24. The number of nitrogens with zero attached hydrogens (tertiary/aromatic N) is 2. The summed E-state index contributed by atoms with van der Waals surface area (Å²) in [6.45, 7) is 1.28. The summed E-state index contributed by atoms with van der Waals surface area (Å²) >= 11 is 0. The molecule has 0 bridgehead atoms. The number of nitrogens with one attached hydrogen (secondary N) is 1. The third kappa shape index (κ3) is 4.51. The Hall–Kier alpha value is -1.59. The normalized spacial score (nSPS) is 10.1. The Morgan fingerprint density at radius 1 is 1.25 bits per heavy atom. The van der Waals surface area contributed by atoms with E-state index in [1.54, 1.807) is 18.0 Å². The topological polar surface area (TPSA) is 39.1 Å². The van der Waals surface area contributed by atoms with Crippen LogP contribution in [0.15, 0.2) is 36.5 Å². The quantitative estimate of drug-likeness (QED) is 0.854. The predicted molar refractivity (Wildman–Crippen MR) is 79.0 cm³/mol. The maximum Gasteiger partial charge on any atom is 0.123 e. The van der Waals surface area contributed by atoms with Crippen LogP contribution in [0.3, 0.4) is 0 Å². The van der Waals surface area contributed by atoms with Gasteiger partial charge in [-0.15, -0.1) is 12.4 Å². The van der Waals surface area contributed by atoms with Gasteiger partial charge in [-0.1, -0.05) is 18.2 Å². The molecule has 0 saturated carbocycles. The lowest BCUT2D eigenvalue weighted by molar-refractivity contribution is 0.407. The molecule has 0 radical (unpaired) electrons. The second kappa shape index (κ2) is 8.55. The smallest absolute Gasteiger partial charge is 0.123 e. The molecule has 1 N–H and O–H groups in total. The van der Waals surface area contributed by atoms with Gasteiger partial charge in [0, 0.05) is 24.8 Å². The van der Waals surface area contributed by atoms with Crippen molar-refractivity contribution in [3.8, 4) is 5.75 Å².